The lowest BCUT2D eigenvalue weighted by molar-refractivity contribution is -0.115. The Morgan fingerprint density at radius 1 is 1.09 bits per heavy atom. The maximum absolute atomic E-state index is 11.7. The van der Waals surface area contributed by atoms with Crippen molar-refractivity contribution in [2.24, 2.45) is 0 Å². The molecule has 0 atom stereocenters. The minimum absolute atomic E-state index is 0. The number of rotatable bonds is 7. The van der Waals surface area contributed by atoms with Crippen LogP contribution in [0.3, 0.4) is 0 Å². The summed E-state index contributed by atoms with van der Waals surface area (Å²) in [5.41, 5.74) is 1.92. The van der Waals surface area contributed by atoms with E-state index < -0.39 is 0 Å². The summed E-state index contributed by atoms with van der Waals surface area (Å²) in [6, 6.07) is 11.7. The molecule has 3 heterocycles. The van der Waals surface area contributed by atoms with Crippen molar-refractivity contribution in [2.45, 2.75) is 56.6 Å². The minimum atomic E-state index is -0.00249. The number of aromatic nitrogens is 4. The average Bonchev–Trinajstić information content (AvgIpc) is 3.24. The zero-order valence-electron chi connectivity index (χ0n) is 21.1. The Balaban J connectivity index is 0.00000241. The fourth-order valence-electron chi connectivity index (χ4n) is 3.87. The molecule has 35 heavy (non-hydrogen) atoms. The molecule has 3 aromatic rings. The summed E-state index contributed by atoms with van der Waals surface area (Å²) in [7, 11) is 0. The fraction of sp³-hybridized carbons (Fsp3) is 0.440. The van der Waals surface area contributed by atoms with Gasteiger partial charge in [-0.3, -0.25) is 14.8 Å². The van der Waals surface area contributed by atoms with Crippen molar-refractivity contribution in [3.05, 3.63) is 42.1 Å². The number of amides is 1. The third-order valence-electron chi connectivity index (χ3n) is 5.87. The van der Waals surface area contributed by atoms with Gasteiger partial charge in [-0.2, -0.15) is 5.10 Å². The molecule has 1 aliphatic heterocycles. The van der Waals surface area contributed by atoms with E-state index >= 15 is 0 Å². The summed E-state index contributed by atoms with van der Waals surface area (Å²) in [4.78, 5) is 27.1. The first-order chi connectivity index (χ1) is 16.7. The van der Waals surface area contributed by atoms with Gasteiger partial charge in [0.1, 0.15) is 11.6 Å². The van der Waals surface area contributed by atoms with Crippen molar-refractivity contribution in [2.75, 3.05) is 41.7 Å². The Hall–Kier alpha value is -3.11. The molecule has 0 spiro atoms. The summed E-state index contributed by atoms with van der Waals surface area (Å²) >= 11 is 1.49. The highest BCUT2D eigenvalue weighted by atomic mass is 32.2. The lowest BCUT2D eigenvalue weighted by atomic mass is 10.1. The smallest absolute Gasteiger partial charge is 0.224 e. The van der Waals surface area contributed by atoms with Gasteiger partial charge in [-0.15, -0.1) is 0 Å². The van der Waals surface area contributed by atoms with Crippen molar-refractivity contribution >= 4 is 40.8 Å². The van der Waals surface area contributed by atoms with Crippen LogP contribution in [0.4, 0.5) is 23.1 Å². The van der Waals surface area contributed by atoms with Crippen LogP contribution in [0.5, 0.6) is 0 Å². The van der Waals surface area contributed by atoms with Gasteiger partial charge < -0.3 is 15.5 Å². The highest BCUT2D eigenvalue weighted by molar-refractivity contribution is 7.99. The molecule has 2 aromatic heterocycles. The number of carbonyl (C=O) groups excluding carboxylic acids is 1. The van der Waals surface area contributed by atoms with Gasteiger partial charge >= 0.3 is 0 Å². The Bertz CT molecular complexity index is 1160. The van der Waals surface area contributed by atoms with E-state index in [2.05, 4.69) is 51.4 Å². The molecule has 1 aliphatic rings. The molecule has 4 rings (SSSR count). The van der Waals surface area contributed by atoms with Crippen LogP contribution >= 0.6 is 11.8 Å². The summed E-state index contributed by atoms with van der Waals surface area (Å²) in [6.07, 6.45) is 0.451. The van der Waals surface area contributed by atoms with Gasteiger partial charge in [0.15, 0.2) is 11.0 Å². The molecule has 0 unspecified atom stereocenters. The van der Waals surface area contributed by atoms with Crippen molar-refractivity contribution < 1.29 is 7.65 Å². The van der Waals surface area contributed by atoms with Crippen LogP contribution in [-0.4, -0.2) is 62.7 Å². The number of aryl methyl sites for hydroxylation is 1. The molecule has 1 amide bonds. The first-order valence-corrected chi connectivity index (χ1v) is 12.8. The van der Waals surface area contributed by atoms with Crippen LogP contribution in [0, 0.1) is 6.92 Å². The molecule has 0 radical (unpaired) electrons. The highest BCUT2D eigenvalue weighted by Gasteiger charge is 2.27. The number of H-pyrrole nitrogens is 1. The summed E-state index contributed by atoms with van der Waals surface area (Å²) in [5.74, 6) is 2.32. The molecule has 10 heteroatoms. The minimum Gasteiger partial charge on any atom is -0.354 e. The molecule has 9 nitrogen and oxygen atoms in total. The van der Waals surface area contributed by atoms with Gasteiger partial charge in [0.05, 0.1) is 0 Å². The Morgan fingerprint density at radius 3 is 2.40 bits per heavy atom. The largest absolute Gasteiger partial charge is 0.354 e. The molecule has 1 fully saturated rings. The summed E-state index contributed by atoms with van der Waals surface area (Å²) in [5, 5.41) is 14.1. The number of nitrogens with zero attached hydrogens (tertiary/aromatic N) is 5. The van der Waals surface area contributed by atoms with Crippen molar-refractivity contribution in [1.29, 1.82) is 0 Å². The second-order valence-electron chi connectivity index (χ2n) is 9.63. The molecular weight excluding hydrogens is 460 g/mol. The first kappa shape index (κ1) is 25.0. The number of aromatic amines is 1. The number of carbonyl (C=O) groups is 1. The summed E-state index contributed by atoms with van der Waals surface area (Å²) in [6.45, 7) is 14.4. The maximum atomic E-state index is 11.7. The van der Waals surface area contributed by atoms with Gasteiger partial charge in [-0.05, 0) is 63.7 Å². The topological polar surface area (TPSA) is 102 Å². The van der Waals surface area contributed by atoms with Crippen LogP contribution in [0.1, 0.15) is 42.7 Å². The van der Waals surface area contributed by atoms with Gasteiger partial charge in [0.25, 0.3) is 0 Å². The van der Waals surface area contributed by atoms with Gasteiger partial charge in [-0.1, -0.05) is 6.92 Å². The van der Waals surface area contributed by atoms with Crippen LogP contribution in [0.2, 0.25) is 0 Å². The van der Waals surface area contributed by atoms with Crippen LogP contribution < -0.4 is 15.5 Å². The molecule has 0 bridgehead atoms. The second-order valence-corrected chi connectivity index (χ2v) is 10.7. The normalized spacial score (nSPS) is 14.7. The third-order valence-corrected chi connectivity index (χ3v) is 6.75. The maximum Gasteiger partial charge on any atom is 0.224 e. The van der Waals surface area contributed by atoms with E-state index in [4.69, 9.17) is 9.97 Å². The first-order valence-electron chi connectivity index (χ1n) is 12.0. The van der Waals surface area contributed by atoms with Crippen LogP contribution in [0.25, 0.3) is 0 Å². The predicted molar refractivity (Wildman–Crippen MR) is 146 cm³/mol. The molecule has 0 aliphatic carbocycles. The molecular formula is C25H38N8OS. The lowest BCUT2D eigenvalue weighted by Crippen LogP contribution is -2.53. The van der Waals surface area contributed by atoms with Crippen LogP contribution in [0.15, 0.2) is 46.5 Å². The number of piperazine rings is 1. The van der Waals surface area contributed by atoms with Gasteiger partial charge in [-0.25, -0.2) is 9.97 Å². The lowest BCUT2D eigenvalue weighted by Gasteiger charge is -2.42. The molecule has 0 saturated carbocycles. The average molecular weight is 499 g/mol. The standard InChI is InChI=1S/C25H34N8OS.2H2/c1-6-23(34)26-18-7-9-19(10-8-18)35-24-28-20(27-21-15-17(2)30-31-21)16-22(29-24)32-11-13-33(14-12-32)25(3,4)5;;/h7-10,15-16H,6,11-14H2,1-5H3,(H,26,34)(H2,27,28,29,30,31);2*1H. The van der Waals surface area contributed by atoms with E-state index in [-0.39, 0.29) is 14.3 Å². The predicted octanol–water partition coefficient (Wildman–Crippen LogP) is 5.16. The molecule has 190 valence electrons. The van der Waals surface area contributed by atoms with Crippen molar-refractivity contribution in [1.82, 2.24) is 25.1 Å². The highest BCUT2D eigenvalue weighted by Crippen LogP contribution is 2.30. The van der Waals surface area contributed by atoms with E-state index in [1.165, 1.54) is 11.8 Å². The van der Waals surface area contributed by atoms with Crippen LogP contribution in [-0.2, 0) is 4.79 Å². The SMILES string of the molecule is CCC(=O)Nc1ccc(Sc2nc(Nc3cc(C)[nH]n3)cc(N3CCN(C(C)(C)C)CC3)n2)cc1.[HH].[HH]. The second kappa shape index (κ2) is 10.7. The fourth-order valence-corrected chi connectivity index (χ4v) is 4.63. The zero-order chi connectivity index (χ0) is 25.0. The van der Waals surface area contributed by atoms with Gasteiger partial charge in [0, 0.05) is 69.4 Å². The summed E-state index contributed by atoms with van der Waals surface area (Å²) < 4.78 is 0. The quantitative estimate of drug-likeness (QED) is 0.384. The van der Waals surface area contributed by atoms with E-state index in [1.807, 2.05) is 50.2 Å². The Kier molecular flexibility index (Phi) is 7.61. The number of anilines is 4. The molecule has 1 saturated heterocycles. The Morgan fingerprint density at radius 2 is 1.80 bits per heavy atom. The number of hydrogen-bond donors (Lipinski definition) is 3. The number of benzene rings is 1. The monoisotopic (exact) mass is 498 g/mol. The van der Waals surface area contributed by atoms with E-state index in [0.29, 0.717) is 17.4 Å². The van der Waals surface area contributed by atoms with Crippen molar-refractivity contribution in [3.63, 3.8) is 0 Å². The molecule has 1 aromatic carbocycles. The van der Waals surface area contributed by atoms with Gasteiger partial charge in [0.2, 0.25) is 5.91 Å². The number of hydrogen-bond acceptors (Lipinski definition) is 8. The Labute approximate surface area is 214 Å². The zero-order valence-corrected chi connectivity index (χ0v) is 21.9. The van der Waals surface area contributed by atoms with E-state index in [0.717, 1.165) is 54.1 Å². The van der Waals surface area contributed by atoms with Crippen molar-refractivity contribution in [3.8, 4) is 0 Å². The number of nitrogens with one attached hydrogen (secondary N) is 3. The van der Waals surface area contributed by atoms with E-state index in [1.54, 1.807) is 0 Å². The third kappa shape index (κ3) is 6.73. The molecule has 3 N–H and O–H groups in total. The van der Waals surface area contributed by atoms with E-state index in [9.17, 15) is 4.79 Å².